The number of aromatic nitrogens is 1. The third-order valence-corrected chi connectivity index (χ3v) is 5.55. The Bertz CT molecular complexity index is 982. The number of rotatable bonds is 5. The maximum Gasteiger partial charge on any atom is 0.243 e. The highest BCUT2D eigenvalue weighted by Gasteiger charge is 2.22. The van der Waals surface area contributed by atoms with Crippen LogP contribution in [0.2, 0.25) is 0 Å². The molecule has 0 bridgehead atoms. The predicted molar refractivity (Wildman–Crippen MR) is 91.7 cm³/mol. The molecule has 1 aromatic heterocycles. The average molecular weight is 360 g/mol. The molecule has 0 radical (unpaired) electrons. The normalized spacial score (nSPS) is 11.8. The van der Waals surface area contributed by atoms with Gasteiger partial charge in [-0.25, -0.2) is 17.8 Å². The van der Waals surface area contributed by atoms with Crippen molar-refractivity contribution in [3.8, 4) is 11.5 Å². The Morgan fingerprint density at radius 2 is 1.88 bits per heavy atom. The number of halogens is 1. The van der Waals surface area contributed by atoms with Crippen LogP contribution >= 0.6 is 0 Å². The Morgan fingerprint density at radius 1 is 1.16 bits per heavy atom. The van der Waals surface area contributed by atoms with Crippen LogP contribution in [0.4, 0.5) is 4.39 Å². The second-order valence-electron chi connectivity index (χ2n) is 5.73. The molecule has 0 aliphatic heterocycles. The Balaban J connectivity index is 1.79. The average Bonchev–Trinajstić information content (AvgIpc) is 3.04. The fourth-order valence-electron chi connectivity index (χ4n) is 2.34. The minimum Gasteiger partial charge on any atom is -0.444 e. The van der Waals surface area contributed by atoms with Crippen molar-refractivity contribution in [2.75, 3.05) is 7.05 Å². The highest BCUT2D eigenvalue weighted by Crippen LogP contribution is 2.21. The van der Waals surface area contributed by atoms with Gasteiger partial charge in [0.1, 0.15) is 12.1 Å². The molecule has 1 heterocycles. The highest BCUT2D eigenvalue weighted by molar-refractivity contribution is 7.89. The van der Waals surface area contributed by atoms with E-state index in [1.165, 1.54) is 29.7 Å². The van der Waals surface area contributed by atoms with Crippen LogP contribution in [0, 0.1) is 12.7 Å². The van der Waals surface area contributed by atoms with Crippen molar-refractivity contribution in [1.82, 2.24) is 9.29 Å². The van der Waals surface area contributed by atoms with E-state index in [9.17, 15) is 12.8 Å². The Hall–Kier alpha value is -2.51. The predicted octanol–water partition coefficient (Wildman–Crippen LogP) is 3.61. The molecule has 25 heavy (non-hydrogen) atoms. The Labute approximate surface area is 145 Å². The molecule has 0 fully saturated rings. The topological polar surface area (TPSA) is 63.4 Å². The third kappa shape index (κ3) is 3.78. The van der Waals surface area contributed by atoms with Crippen molar-refractivity contribution in [3.63, 3.8) is 0 Å². The van der Waals surface area contributed by atoms with Crippen LogP contribution in [0.25, 0.3) is 11.5 Å². The molecule has 5 nitrogen and oxygen atoms in total. The molecule has 0 saturated heterocycles. The minimum atomic E-state index is -3.62. The van der Waals surface area contributed by atoms with E-state index in [0.717, 1.165) is 5.56 Å². The van der Waals surface area contributed by atoms with E-state index in [2.05, 4.69) is 4.98 Å². The van der Waals surface area contributed by atoms with Crippen LogP contribution in [-0.2, 0) is 16.6 Å². The summed E-state index contributed by atoms with van der Waals surface area (Å²) in [6, 6.07) is 12.5. The molecule has 0 aliphatic carbocycles. The van der Waals surface area contributed by atoms with Gasteiger partial charge >= 0.3 is 0 Å². The van der Waals surface area contributed by atoms with Crippen molar-refractivity contribution < 1.29 is 17.2 Å². The van der Waals surface area contributed by atoms with Crippen molar-refractivity contribution in [2.45, 2.75) is 18.4 Å². The molecule has 2 aromatic carbocycles. The van der Waals surface area contributed by atoms with Crippen LogP contribution < -0.4 is 0 Å². The van der Waals surface area contributed by atoms with E-state index in [-0.39, 0.29) is 17.3 Å². The summed E-state index contributed by atoms with van der Waals surface area (Å²) >= 11 is 0. The van der Waals surface area contributed by atoms with Gasteiger partial charge in [-0.2, -0.15) is 4.31 Å². The maximum atomic E-state index is 13.3. The summed E-state index contributed by atoms with van der Waals surface area (Å²) in [5.41, 5.74) is 1.92. The number of benzene rings is 2. The number of aryl methyl sites for hydroxylation is 1. The molecule has 0 unspecified atom stereocenters. The van der Waals surface area contributed by atoms with E-state index in [1.54, 1.807) is 36.4 Å². The molecule has 130 valence electrons. The largest absolute Gasteiger partial charge is 0.444 e. The fraction of sp³-hybridized carbons (Fsp3) is 0.167. The van der Waals surface area contributed by atoms with Crippen LogP contribution in [-0.4, -0.2) is 24.8 Å². The highest BCUT2D eigenvalue weighted by atomic mass is 32.2. The number of nitrogens with zero attached hydrogens (tertiary/aromatic N) is 2. The number of hydrogen-bond donors (Lipinski definition) is 0. The second kappa shape index (κ2) is 6.78. The van der Waals surface area contributed by atoms with Gasteiger partial charge in [0.15, 0.2) is 0 Å². The summed E-state index contributed by atoms with van der Waals surface area (Å²) in [5, 5.41) is 0. The first kappa shape index (κ1) is 17.3. The lowest BCUT2D eigenvalue weighted by atomic mass is 10.2. The van der Waals surface area contributed by atoms with E-state index in [1.807, 2.05) is 6.92 Å². The SMILES string of the molecule is Cc1ccc(S(=O)(=O)N(C)Cc2coc(-c3cccc(F)c3)n2)cc1. The molecule has 0 saturated carbocycles. The maximum absolute atomic E-state index is 13.3. The van der Waals surface area contributed by atoms with Crippen LogP contribution in [0.3, 0.4) is 0 Å². The molecule has 0 atom stereocenters. The molecule has 0 N–H and O–H groups in total. The summed E-state index contributed by atoms with van der Waals surface area (Å²) in [6.07, 6.45) is 1.38. The smallest absolute Gasteiger partial charge is 0.243 e. The number of hydrogen-bond acceptors (Lipinski definition) is 4. The number of sulfonamides is 1. The zero-order valence-corrected chi connectivity index (χ0v) is 14.6. The van der Waals surface area contributed by atoms with Gasteiger partial charge in [-0.3, -0.25) is 0 Å². The zero-order chi connectivity index (χ0) is 18.0. The van der Waals surface area contributed by atoms with Gasteiger partial charge in [0.2, 0.25) is 15.9 Å². The van der Waals surface area contributed by atoms with Crippen LogP contribution in [0.15, 0.2) is 64.1 Å². The zero-order valence-electron chi connectivity index (χ0n) is 13.8. The molecular weight excluding hydrogens is 343 g/mol. The lowest BCUT2D eigenvalue weighted by Crippen LogP contribution is -2.26. The summed E-state index contributed by atoms with van der Waals surface area (Å²) in [7, 11) is -2.15. The van der Waals surface area contributed by atoms with Gasteiger partial charge in [0.25, 0.3) is 0 Å². The summed E-state index contributed by atoms with van der Waals surface area (Å²) in [5.74, 6) is -0.146. The van der Waals surface area contributed by atoms with Crippen molar-refractivity contribution in [1.29, 1.82) is 0 Å². The standard InChI is InChI=1S/C18H17FN2O3S/c1-13-6-8-17(9-7-13)25(22,23)21(2)11-16-12-24-18(20-16)14-4-3-5-15(19)10-14/h3-10,12H,11H2,1-2H3. The van der Waals surface area contributed by atoms with Gasteiger partial charge in [-0.05, 0) is 37.3 Å². The van der Waals surface area contributed by atoms with E-state index >= 15 is 0 Å². The summed E-state index contributed by atoms with van der Waals surface area (Å²) < 4.78 is 45.0. The van der Waals surface area contributed by atoms with Gasteiger partial charge in [0.05, 0.1) is 17.1 Å². The van der Waals surface area contributed by atoms with Crippen LogP contribution in [0.1, 0.15) is 11.3 Å². The molecule has 3 rings (SSSR count). The van der Waals surface area contributed by atoms with Gasteiger partial charge in [-0.1, -0.05) is 23.8 Å². The fourth-order valence-corrected chi connectivity index (χ4v) is 3.48. The monoisotopic (exact) mass is 360 g/mol. The van der Waals surface area contributed by atoms with E-state index in [0.29, 0.717) is 11.3 Å². The second-order valence-corrected chi connectivity index (χ2v) is 7.77. The molecule has 0 spiro atoms. The van der Waals surface area contributed by atoms with Crippen LogP contribution in [0.5, 0.6) is 0 Å². The van der Waals surface area contributed by atoms with Gasteiger partial charge in [-0.15, -0.1) is 0 Å². The van der Waals surface area contributed by atoms with E-state index < -0.39 is 15.8 Å². The van der Waals surface area contributed by atoms with Gasteiger partial charge in [0, 0.05) is 12.6 Å². The Kier molecular flexibility index (Phi) is 4.69. The van der Waals surface area contributed by atoms with Crippen molar-refractivity contribution in [3.05, 3.63) is 71.9 Å². The van der Waals surface area contributed by atoms with Crippen molar-refractivity contribution in [2.24, 2.45) is 0 Å². The molecule has 7 heteroatoms. The summed E-state index contributed by atoms with van der Waals surface area (Å²) in [6.45, 7) is 1.94. The molecular formula is C18H17FN2O3S. The summed E-state index contributed by atoms with van der Waals surface area (Å²) in [4.78, 5) is 4.46. The quantitative estimate of drug-likeness (QED) is 0.697. The van der Waals surface area contributed by atoms with Crippen molar-refractivity contribution >= 4 is 10.0 Å². The first-order chi connectivity index (χ1) is 11.9. The molecule has 0 amide bonds. The van der Waals surface area contributed by atoms with Gasteiger partial charge < -0.3 is 4.42 Å². The third-order valence-electron chi connectivity index (χ3n) is 3.74. The first-order valence-corrected chi connectivity index (χ1v) is 9.03. The minimum absolute atomic E-state index is 0.0506. The lowest BCUT2D eigenvalue weighted by Gasteiger charge is -2.15. The number of oxazole rings is 1. The first-order valence-electron chi connectivity index (χ1n) is 7.59. The molecule has 0 aliphatic rings. The molecule has 3 aromatic rings. The van der Waals surface area contributed by atoms with E-state index in [4.69, 9.17) is 4.42 Å². The lowest BCUT2D eigenvalue weighted by molar-refractivity contribution is 0.461. The Morgan fingerprint density at radius 3 is 2.56 bits per heavy atom.